The van der Waals surface area contributed by atoms with E-state index in [1.165, 1.54) is 28.2 Å². The van der Waals surface area contributed by atoms with E-state index in [0.29, 0.717) is 20.1 Å². The Hall–Kier alpha value is -2.26. The maximum atomic E-state index is 12.8. The van der Waals surface area contributed by atoms with Gasteiger partial charge in [-0.25, -0.2) is 24.6 Å². The molecule has 0 aromatic carbocycles. The highest BCUT2D eigenvalue weighted by Crippen LogP contribution is 2.33. The second-order valence-corrected chi connectivity index (χ2v) is 6.93. The van der Waals surface area contributed by atoms with Crippen LogP contribution in [0.25, 0.3) is 0 Å². The molecule has 0 spiro atoms. The summed E-state index contributed by atoms with van der Waals surface area (Å²) in [5, 5.41) is 5.31. The average molecular weight is 358 g/mol. The van der Waals surface area contributed by atoms with Gasteiger partial charge in [0, 0.05) is 24.8 Å². The third-order valence-electron chi connectivity index (χ3n) is 2.89. The normalized spacial score (nSPS) is 11.0. The molecule has 122 valence electrons. The van der Waals surface area contributed by atoms with Gasteiger partial charge in [-0.2, -0.15) is 5.10 Å². The van der Waals surface area contributed by atoms with E-state index in [0.717, 1.165) is 0 Å². The predicted molar refractivity (Wildman–Crippen MR) is 91.2 cm³/mol. The zero-order chi connectivity index (χ0) is 16.9. The first-order chi connectivity index (χ1) is 11.6. The van der Waals surface area contributed by atoms with Gasteiger partial charge in [-0.1, -0.05) is 0 Å². The summed E-state index contributed by atoms with van der Waals surface area (Å²) in [7, 11) is 0. The molecule has 0 radical (unpaired) electrons. The van der Waals surface area contributed by atoms with Gasteiger partial charge < -0.3 is 0 Å². The lowest BCUT2D eigenvalue weighted by Crippen LogP contribution is -2.26. The van der Waals surface area contributed by atoms with Crippen molar-refractivity contribution in [2.45, 2.75) is 40.0 Å². The maximum Gasteiger partial charge on any atom is 0.282 e. The van der Waals surface area contributed by atoms with Gasteiger partial charge in [0.05, 0.1) is 22.0 Å². The number of nitrogens with zero attached hydrogens (tertiary/aromatic N) is 6. The Kier molecular flexibility index (Phi) is 5.21. The maximum absolute atomic E-state index is 12.8. The number of hydrogen-bond donors (Lipinski definition) is 0. The zero-order valence-corrected chi connectivity index (χ0v) is 14.7. The topological polar surface area (TPSA) is 86.4 Å². The fourth-order valence-electron chi connectivity index (χ4n) is 1.84. The Morgan fingerprint density at radius 2 is 1.46 bits per heavy atom. The fourth-order valence-corrected chi connectivity index (χ4v) is 3.53. The van der Waals surface area contributed by atoms with Gasteiger partial charge in [-0.3, -0.25) is 4.79 Å². The van der Waals surface area contributed by atoms with Crippen molar-refractivity contribution in [3.05, 3.63) is 53.5 Å². The van der Waals surface area contributed by atoms with Crippen molar-refractivity contribution in [3.63, 3.8) is 0 Å². The number of rotatable bonds is 5. The molecule has 0 aliphatic rings. The van der Waals surface area contributed by atoms with Crippen LogP contribution in [0.5, 0.6) is 0 Å². The monoisotopic (exact) mass is 358 g/mol. The molecule has 0 bridgehead atoms. The molecule has 7 nitrogen and oxygen atoms in total. The van der Waals surface area contributed by atoms with Crippen molar-refractivity contribution in [1.29, 1.82) is 0 Å². The quantitative estimate of drug-likeness (QED) is 0.644. The first-order valence-electron chi connectivity index (χ1n) is 7.16. The van der Waals surface area contributed by atoms with Crippen LogP contribution in [0.15, 0.2) is 68.0 Å². The lowest BCUT2D eigenvalue weighted by atomic mass is 10.4. The highest BCUT2D eigenvalue weighted by molar-refractivity contribution is 8.02. The van der Waals surface area contributed by atoms with Crippen molar-refractivity contribution in [3.8, 4) is 0 Å². The summed E-state index contributed by atoms with van der Waals surface area (Å²) in [5.74, 6) is 0. The Balaban J connectivity index is 2.04. The molecule has 0 N–H and O–H groups in total. The number of aromatic nitrogens is 6. The molecule has 0 aliphatic heterocycles. The minimum absolute atomic E-state index is 0.0411. The summed E-state index contributed by atoms with van der Waals surface area (Å²) in [5.41, 5.74) is -0.177. The lowest BCUT2D eigenvalue weighted by molar-refractivity contribution is 0.488. The highest BCUT2D eigenvalue weighted by atomic mass is 32.2. The van der Waals surface area contributed by atoms with Gasteiger partial charge >= 0.3 is 0 Å². The Labute approximate surface area is 147 Å². The largest absolute Gasteiger partial charge is 0.282 e. The van der Waals surface area contributed by atoms with Gasteiger partial charge in [0.15, 0.2) is 10.3 Å². The van der Waals surface area contributed by atoms with Crippen molar-refractivity contribution < 1.29 is 0 Å². The molecule has 0 fully saturated rings. The summed E-state index contributed by atoms with van der Waals surface area (Å²) in [4.78, 5) is 30.7. The number of hydrogen-bond acceptors (Lipinski definition) is 8. The third-order valence-corrected chi connectivity index (χ3v) is 4.94. The van der Waals surface area contributed by atoms with Crippen molar-refractivity contribution in [2.75, 3.05) is 0 Å². The smallest absolute Gasteiger partial charge is 0.266 e. The van der Waals surface area contributed by atoms with E-state index in [1.807, 2.05) is 13.8 Å². The van der Waals surface area contributed by atoms with Crippen LogP contribution in [0.2, 0.25) is 0 Å². The van der Waals surface area contributed by atoms with E-state index in [-0.39, 0.29) is 11.6 Å². The van der Waals surface area contributed by atoms with Crippen LogP contribution in [0, 0.1) is 0 Å². The van der Waals surface area contributed by atoms with Gasteiger partial charge in [0.1, 0.15) is 0 Å². The third kappa shape index (κ3) is 3.80. The van der Waals surface area contributed by atoms with E-state index < -0.39 is 0 Å². The molecule has 0 saturated heterocycles. The molecule has 0 unspecified atom stereocenters. The Morgan fingerprint density at radius 3 is 2.00 bits per heavy atom. The summed E-state index contributed by atoms with van der Waals surface area (Å²) in [6.07, 6.45) is 8.26. The van der Waals surface area contributed by atoms with E-state index in [1.54, 1.807) is 43.1 Å². The molecule has 24 heavy (non-hydrogen) atoms. The van der Waals surface area contributed by atoms with Gasteiger partial charge in [0.25, 0.3) is 5.56 Å². The highest BCUT2D eigenvalue weighted by Gasteiger charge is 2.17. The summed E-state index contributed by atoms with van der Waals surface area (Å²) < 4.78 is 1.45. The van der Waals surface area contributed by atoms with Crippen LogP contribution in [-0.2, 0) is 0 Å². The molecule has 0 aliphatic carbocycles. The minimum atomic E-state index is -0.177. The Morgan fingerprint density at radius 1 is 0.917 bits per heavy atom. The van der Waals surface area contributed by atoms with Crippen molar-refractivity contribution in [2.24, 2.45) is 0 Å². The second-order valence-electron chi connectivity index (χ2n) is 4.95. The minimum Gasteiger partial charge on any atom is -0.266 e. The van der Waals surface area contributed by atoms with Crippen LogP contribution in [0.4, 0.5) is 0 Å². The lowest BCUT2D eigenvalue weighted by Gasteiger charge is -2.12. The molecule has 0 amide bonds. The molecule has 3 aromatic heterocycles. The van der Waals surface area contributed by atoms with Crippen molar-refractivity contribution in [1.82, 2.24) is 29.7 Å². The molecular weight excluding hydrogens is 344 g/mol. The first-order valence-corrected chi connectivity index (χ1v) is 8.80. The first kappa shape index (κ1) is 16.6. The summed E-state index contributed by atoms with van der Waals surface area (Å²) >= 11 is 2.51. The van der Waals surface area contributed by atoms with E-state index >= 15 is 0 Å². The van der Waals surface area contributed by atoms with Gasteiger partial charge in [-0.15, -0.1) is 0 Å². The van der Waals surface area contributed by atoms with Crippen molar-refractivity contribution >= 4 is 23.5 Å². The predicted octanol–water partition coefficient (Wildman–Crippen LogP) is 2.71. The molecule has 0 atom stereocenters. The van der Waals surface area contributed by atoms with E-state index in [9.17, 15) is 4.79 Å². The molecule has 9 heteroatoms. The van der Waals surface area contributed by atoms with E-state index in [2.05, 4.69) is 25.0 Å². The molecular formula is C15H14N6OS2. The molecule has 3 aromatic rings. The fraction of sp³-hybridized carbons (Fsp3) is 0.200. The van der Waals surface area contributed by atoms with Crippen LogP contribution >= 0.6 is 23.5 Å². The SMILES string of the molecule is CC(C)n1ncc(Sc2ncccn2)c(Sc2ncccn2)c1=O. The van der Waals surface area contributed by atoms with Crippen LogP contribution < -0.4 is 5.56 Å². The van der Waals surface area contributed by atoms with Crippen LogP contribution in [0.3, 0.4) is 0 Å². The average Bonchev–Trinajstić information content (AvgIpc) is 2.59. The summed E-state index contributed by atoms with van der Waals surface area (Å²) in [6, 6.07) is 3.43. The van der Waals surface area contributed by atoms with Gasteiger partial charge in [-0.05, 0) is 49.5 Å². The standard InChI is InChI=1S/C15H14N6OS2/c1-10(2)21-13(22)12(24-15-18-7-4-8-19-15)11(9-20-21)23-14-16-5-3-6-17-14/h3-10H,1-2H3. The van der Waals surface area contributed by atoms with Crippen LogP contribution in [-0.4, -0.2) is 29.7 Å². The summed E-state index contributed by atoms with van der Waals surface area (Å²) in [6.45, 7) is 3.82. The van der Waals surface area contributed by atoms with E-state index in [4.69, 9.17) is 0 Å². The van der Waals surface area contributed by atoms with Gasteiger partial charge in [0.2, 0.25) is 0 Å². The molecule has 0 saturated carbocycles. The molecule has 3 heterocycles. The molecule has 3 rings (SSSR count). The second kappa shape index (κ2) is 7.54. The Bertz CT molecular complexity index is 870. The van der Waals surface area contributed by atoms with Crippen LogP contribution in [0.1, 0.15) is 19.9 Å². The zero-order valence-electron chi connectivity index (χ0n) is 13.0.